The Balaban J connectivity index is 1.29. The molecule has 0 aromatic heterocycles. The molecule has 3 unspecified atom stereocenters. The lowest BCUT2D eigenvalue weighted by Crippen LogP contribution is -2.54. The van der Waals surface area contributed by atoms with Crippen LogP contribution in [0.25, 0.3) is 10.8 Å². The van der Waals surface area contributed by atoms with Gasteiger partial charge in [-0.2, -0.15) is 0 Å². The molecule has 4 aromatic carbocycles. The topological polar surface area (TPSA) is 95.9 Å². The van der Waals surface area contributed by atoms with E-state index in [1.807, 2.05) is 106 Å². The minimum absolute atomic E-state index is 0.119. The fraction of sp³-hybridized carbons (Fsp3) is 0.410. The van der Waals surface area contributed by atoms with Gasteiger partial charge in [0.05, 0.1) is 65.9 Å². The average molecular weight is 658 g/mol. The summed E-state index contributed by atoms with van der Waals surface area (Å²) in [7, 11) is 3.27. The van der Waals surface area contributed by atoms with Crippen LogP contribution in [0.5, 0.6) is 17.2 Å². The Morgan fingerprint density at radius 3 is 2.25 bits per heavy atom. The van der Waals surface area contributed by atoms with Gasteiger partial charge in [0.2, 0.25) is 0 Å². The summed E-state index contributed by atoms with van der Waals surface area (Å²) in [4.78, 5) is 14.6. The van der Waals surface area contributed by atoms with Crippen LogP contribution in [-0.2, 0) is 27.4 Å². The third-order valence-corrected chi connectivity index (χ3v) is 8.26. The summed E-state index contributed by atoms with van der Waals surface area (Å²) >= 11 is 0. The van der Waals surface area contributed by atoms with Crippen molar-refractivity contribution in [3.05, 3.63) is 102 Å². The van der Waals surface area contributed by atoms with E-state index in [0.29, 0.717) is 31.3 Å². The van der Waals surface area contributed by atoms with Crippen LogP contribution >= 0.6 is 0 Å². The number of amides is 1. The molecular formula is C39H47NO8. The minimum Gasteiger partial charge on any atom is -0.496 e. The molecule has 3 atom stereocenters. The van der Waals surface area contributed by atoms with E-state index in [-0.39, 0.29) is 19.7 Å². The number of aliphatic hydroxyl groups excluding tert-OH is 1. The summed E-state index contributed by atoms with van der Waals surface area (Å²) in [5.41, 5.74) is 2.16. The van der Waals surface area contributed by atoms with E-state index in [9.17, 15) is 9.90 Å². The molecule has 1 N–H and O–H groups in total. The van der Waals surface area contributed by atoms with Crippen LogP contribution < -0.4 is 14.2 Å². The van der Waals surface area contributed by atoms with Crippen LogP contribution in [0.15, 0.2) is 84.9 Å². The van der Waals surface area contributed by atoms with Gasteiger partial charge in [0.25, 0.3) is 0 Å². The Labute approximate surface area is 283 Å². The van der Waals surface area contributed by atoms with Crippen molar-refractivity contribution in [1.82, 2.24) is 4.90 Å². The summed E-state index contributed by atoms with van der Waals surface area (Å²) in [6.07, 6.45) is -1.17. The highest BCUT2D eigenvalue weighted by molar-refractivity contribution is 5.94. The Morgan fingerprint density at radius 2 is 1.56 bits per heavy atom. The van der Waals surface area contributed by atoms with Crippen molar-refractivity contribution < 1.29 is 38.3 Å². The second-order valence-electron chi connectivity index (χ2n) is 13.0. The number of piperidine rings is 1. The summed E-state index contributed by atoms with van der Waals surface area (Å²) in [6.45, 7) is 7.70. The van der Waals surface area contributed by atoms with Crippen LogP contribution in [0.2, 0.25) is 0 Å². The lowest BCUT2D eigenvalue weighted by atomic mass is 9.84. The average Bonchev–Trinajstić information content (AvgIpc) is 3.08. The van der Waals surface area contributed by atoms with E-state index in [0.717, 1.165) is 39.6 Å². The quantitative estimate of drug-likeness (QED) is 0.152. The number of nitrogens with zero attached hydrogens (tertiary/aromatic N) is 1. The summed E-state index contributed by atoms with van der Waals surface area (Å²) in [5, 5.41) is 13.3. The number of benzene rings is 4. The van der Waals surface area contributed by atoms with E-state index in [4.69, 9.17) is 28.4 Å². The van der Waals surface area contributed by atoms with Crippen molar-refractivity contribution in [3.63, 3.8) is 0 Å². The maximum Gasteiger partial charge on any atom is 0.410 e. The highest BCUT2D eigenvalue weighted by Crippen LogP contribution is 2.39. The molecule has 1 amide bonds. The van der Waals surface area contributed by atoms with E-state index in [1.165, 1.54) is 4.90 Å². The zero-order valence-electron chi connectivity index (χ0n) is 28.5. The van der Waals surface area contributed by atoms with E-state index < -0.39 is 29.8 Å². The zero-order valence-corrected chi connectivity index (χ0v) is 28.5. The van der Waals surface area contributed by atoms with Crippen molar-refractivity contribution in [2.75, 3.05) is 40.5 Å². The summed E-state index contributed by atoms with van der Waals surface area (Å²) in [5.74, 6) is 1.72. The number of hydrogen-bond donors (Lipinski definition) is 1. The Kier molecular flexibility index (Phi) is 11.8. The lowest BCUT2D eigenvalue weighted by molar-refractivity contribution is -0.0758. The van der Waals surface area contributed by atoms with Crippen LogP contribution in [0.1, 0.15) is 49.8 Å². The second-order valence-corrected chi connectivity index (χ2v) is 13.0. The third-order valence-electron chi connectivity index (χ3n) is 8.26. The molecule has 0 spiro atoms. The van der Waals surface area contributed by atoms with Gasteiger partial charge >= 0.3 is 6.09 Å². The number of likely N-dealkylation sites (tertiary alicyclic amines) is 1. The third kappa shape index (κ3) is 8.98. The molecule has 1 saturated heterocycles. The van der Waals surface area contributed by atoms with E-state index >= 15 is 0 Å². The Bertz CT molecular complexity index is 1620. The SMILES string of the molecule is COc1cc(COC2CN(C(=O)OC(C)(C)C)CC(O)C2c2ccc(OCCCOCc3ccccc3)cc2)c(OC)c2ccccc12. The molecule has 256 valence electrons. The molecule has 0 bridgehead atoms. The normalized spacial score (nSPS) is 18.0. The molecule has 9 heteroatoms. The second kappa shape index (κ2) is 16.2. The maximum atomic E-state index is 13.1. The first-order valence-electron chi connectivity index (χ1n) is 16.4. The van der Waals surface area contributed by atoms with Crippen molar-refractivity contribution in [2.45, 2.75) is 64.1 Å². The fourth-order valence-electron chi connectivity index (χ4n) is 6.05. The van der Waals surface area contributed by atoms with Crippen LogP contribution in [-0.4, -0.2) is 74.4 Å². The number of aliphatic hydroxyl groups is 1. The van der Waals surface area contributed by atoms with Crippen LogP contribution in [0.3, 0.4) is 0 Å². The zero-order chi connectivity index (χ0) is 34.1. The van der Waals surface area contributed by atoms with Gasteiger partial charge in [-0.05, 0) is 50.1 Å². The summed E-state index contributed by atoms with van der Waals surface area (Å²) in [6, 6.07) is 27.6. The number of hydrogen-bond acceptors (Lipinski definition) is 8. The monoisotopic (exact) mass is 657 g/mol. The number of methoxy groups -OCH3 is 2. The molecule has 48 heavy (non-hydrogen) atoms. The van der Waals surface area contributed by atoms with Crippen LogP contribution in [0.4, 0.5) is 4.79 Å². The molecule has 4 aromatic rings. The molecule has 0 saturated carbocycles. The largest absolute Gasteiger partial charge is 0.496 e. The Morgan fingerprint density at radius 1 is 0.854 bits per heavy atom. The number of β-amino-alcohol motifs (C(OH)–C–C–N with tert-alkyl or cyclic N) is 1. The maximum absolute atomic E-state index is 13.1. The van der Waals surface area contributed by atoms with Gasteiger partial charge in [0.1, 0.15) is 22.8 Å². The Hall–Kier alpha value is -4.31. The van der Waals surface area contributed by atoms with Crippen molar-refractivity contribution >= 4 is 16.9 Å². The van der Waals surface area contributed by atoms with E-state index in [1.54, 1.807) is 14.2 Å². The number of carbonyl (C=O) groups excluding carboxylic acids is 1. The van der Waals surface area contributed by atoms with Gasteiger partial charge in [-0.3, -0.25) is 0 Å². The first kappa shape index (κ1) is 35.0. The molecule has 1 fully saturated rings. The first-order chi connectivity index (χ1) is 23.2. The number of rotatable bonds is 13. The standard InChI is InChI=1S/C39H47NO8/c1-39(2,3)48-38(42)40-23-33(41)36(28-16-18-30(19-17-28)46-21-11-20-45-25-27-12-7-6-8-13-27)35(24-40)47-26-29-22-34(43-4)31-14-9-10-15-32(31)37(29)44-5/h6-10,12-19,22,33,35-36,41H,11,20-21,23-26H2,1-5H3. The van der Waals surface area contributed by atoms with E-state index in [2.05, 4.69) is 0 Å². The van der Waals surface area contributed by atoms with Gasteiger partial charge in [-0.1, -0.05) is 66.7 Å². The van der Waals surface area contributed by atoms with Gasteiger partial charge in [0, 0.05) is 28.7 Å². The molecule has 5 rings (SSSR count). The summed E-state index contributed by atoms with van der Waals surface area (Å²) < 4.78 is 35.5. The smallest absolute Gasteiger partial charge is 0.410 e. The molecule has 1 heterocycles. The van der Waals surface area contributed by atoms with Crippen molar-refractivity contribution in [2.24, 2.45) is 0 Å². The van der Waals surface area contributed by atoms with Crippen molar-refractivity contribution in [1.29, 1.82) is 0 Å². The van der Waals surface area contributed by atoms with Crippen LogP contribution in [0, 0.1) is 0 Å². The molecule has 0 aliphatic carbocycles. The highest BCUT2D eigenvalue weighted by atomic mass is 16.6. The molecule has 1 aliphatic heterocycles. The van der Waals surface area contributed by atoms with Gasteiger partial charge in [0.15, 0.2) is 0 Å². The molecule has 9 nitrogen and oxygen atoms in total. The van der Waals surface area contributed by atoms with Gasteiger partial charge < -0.3 is 38.4 Å². The fourth-order valence-corrected chi connectivity index (χ4v) is 6.05. The highest BCUT2D eigenvalue weighted by Gasteiger charge is 2.41. The predicted octanol–water partition coefficient (Wildman–Crippen LogP) is 7.12. The van der Waals surface area contributed by atoms with Gasteiger partial charge in [-0.25, -0.2) is 4.79 Å². The van der Waals surface area contributed by atoms with Gasteiger partial charge in [-0.15, -0.1) is 0 Å². The minimum atomic E-state index is -0.891. The molecule has 0 radical (unpaired) electrons. The lowest BCUT2D eigenvalue weighted by Gasteiger charge is -2.42. The first-order valence-corrected chi connectivity index (χ1v) is 16.4. The number of fused-ring (bicyclic) bond motifs is 1. The number of carbonyl (C=O) groups is 1. The van der Waals surface area contributed by atoms with Crippen molar-refractivity contribution in [3.8, 4) is 17.2 Å². The number of ether oxygens (including phenoxy) is 6. The molecule has 1 aliphatic rings. The predicted molar refractivity (Wildman–Crippen MR) is 185 cm³/mol. The molecular weight excluding hydrogens is 610 g/mol.